The number of hydrogen-bond acceptors (Lipinski definition) is 3. The fourth-order valence-corrected chi connectivity index (χ4v) is 2.55. The van der Waals surface area contributed by atoms with E-state index in [-0.39, 0.29) is 17.2 Å². The molecule has 0 aliphatic rings. The summed E-state index contributed by atoms with van der Waals surface area (Å²) in [5, 5.41) is 0. The Balaban J connectivity index is 0.00000139. The second-order valence-electron chi connectivity index (χ2n) is 5.43. The quantitative estimate of drug-likeness (QED) is 0.746. The molecule has 2 rings (SSSR count). The van der Waals surface area contributed by atoms with Crippen LogP contribution >= 0.6 is 15.9 Å². The van der Waals surface area contributed by atoms with Gasteiger partial charge in [-0.3, -0.25) is 9.36 Å². The molecule has 24 heavy (non-hydrogen) atoms. The molecule has 0 amide bonds. The maximum atomic E-state index is 14.4. The van der Waals surface area contributed by atoms with Crippen LogP contribution in [0.2, 0.25) is 0 Å². The molecular formula is C18H24BrFN2O2. The van der Waals surface area contributed by atoms with Crippen LogP contribution in [-0.2, 0) is 7.05 Å². The smallest absolute Gasteiger partial charge is 0.256 e. The standard InChI is InChI=1S/C16H18BrFN2O2.C2H6/c1-8(2)22-14-6-11(13(18)7-12(14)17)15-9(3)16(21)20(5)10(4)19-15;1-2/h6-8H,1-5H3;1-2H3. The van der Waals surface area contributed by atoms with Crippen LogP contribution in [0.3, 0.4) is 0 Å². The first-order valence-electron chi connectivity index (χ1n) is 7.92. The number of hydrogen-bond donors (Lipinski definition) is 0. The molecule has 0 spiro atoms. The largest absolute Gasteiger partial charge is 0.490 e. The molecule has 0 N–H and O–H groups in total. The molecule has 132 valence electrons. The van der Waals surface area contributed by atoms with Gasteiger partial charge in [-0.25, -0.2) is 9.37 Å². The number of benzene rings is 1. The third-order valence-corrected chi connectivity index (χ3v) is 4.00. The van der Waals surface area contributed by atoms with Crippen LogP contribution in [-0.4, -0.2) is 15.7 Å². The summed E-state index contributed by atoms with van der Waals surface area (Å²) in [5.41, 5.74) is 0.831. The SMILES string of the molecule is CC.Cc1c(-c2cc(OC(C)C)c(Br)cc2F)nc(C)n(C)c1=O. The van der Waals surface area contributed by atoms with Crippen LogP contribution < -0.4 is 10.3 Å². The van der Waals surface area contributed by atoms with E-state index in [4.69, 9.17) is 4.74 Å². The minimum atomic E-state index is -0.453. The van der Waals surface area contributed by atoms with Gasteiger partial charge in [0.15, 0.2) is 0 Å². The highest BCUT2D eigenvalue weighted by molar-refractivity contribution is 9.10. The van der Waals surface area contributed by atoms with Crippen molar-refractivity contribution in [2.75, 3.05) is 0 Å². The minimum absolute atomic E-state index is 0.0472. The lowest BCUT2D eigenvalue weighted by atomic mass is 10.1. The summed E-state index contributed by atoms with van der Waals surface area (Å²) >= 11 is 3.29. The van der Waals surface area contributed by atoms with Crippen molar-refractivity contribution in [3.05, 3.63) is 44.2 Å². The number of aromatic nitrogens is 2. The molecule has 0 unspecified atom stereocenters. The molecule has 0 radical (unpaired) electrons. The van der Waals surface area contributed by atoms with Crippen molar-refractivity contribution in [1.82, 2.24) is 9.55 Å². The summed E-state index contributed by atoms with van der Waals surface area (Å²) in [5.74, 6) is 0.594. The number of aryl methyl sites for hydroxylation is 1. The molecule has 4 nitrogen and oxygen atoms in total. The predicted octanol–water partition coefficient (Wildman–Crippen LogP) is 4.78. The Morgan fingerprint density at radius 1 is 1.25 bits per heavy atom. The molecule has 1 heterocycles. The van der Waals surface area contributed by atoms with Crippen LogP contribution in [0.4, 0.5) is 4.39 Å². The number of rotatable bonds is 3. The van der Waals surface area contributed by atoms with E-state index in [2.05, 4.69) is 20.9 Å². The Hall–Kier alpha value is -1.69. The zero-order chi connectivity index (χ0) is 18.6. The van der Waals surface area contributed by atoms with Gasteiger partial charge >= 0.3 is 0 Å². The average molecular weight is 399 g/mol. The van der Waals surface area contributed by atoms with Crippen molar-refractivity contribution in [2.45, 2.75) is 47.6 Å². The topological polar surface area (TPSA) is 44.1 Å². The fourth-order valence-electron chi connectivity index (χ4n) is 2.14. The average Bonchev–Trinajstić information content (AvgIpc) is 2.53. The van der Waals surface area contributed by atoms with Gasteiger partial charge in [0.1, 0.15) is 17.4 Å². The van der Waals surface area contributed by atoms with E-state index < -0.39 is 5.82 Å². The molecule has 0 aliphatic carbocycles. The zero-order valence-corrected chi connectivity index (χ0v) is 16.8. The highest BCUT2D eigenvalue weighted by Gasteiger charge is 2.17. The van der Waals surface area contributed by atoms with Gasteiger partial charge < -0.3 is 4.74 Å². The number of nitrogens with zero attached hydrogens (tertiary/aromatic N) is 2. The Bertz CT molecular complexity index is 786. The maximum absolute atomic E-state index is 14.4. The zero-order valence-electron chi connectivity index (χ0n) is 15.2. The Kier molecular flexibility index (Phi) is 7.14. The van der Waals surface area contributed by atoms with Crippen LogP contribution in [0.1, 0.15) is 39.1 Å². The van der Waals surface area contributed by atoms with E-state index in [9.17, 15) is 9.18 Å². The summed E-state index contributed by atoms with van der Waals surface area (Å²) in [4.78, 5) is 16.6. The van der Waals surface area contributed by atoms with Gasteiger partial charge in [-0.2, -0.15) is 0 Å². The molecule has 1 aromatic carbocycles. The van der Waals surface area contributed by atoms with Gasteiger partial charge in [-0.15, -0.1) is 0 Å². The summed E-state index contributed by atoms with van der Waals surface area (Å²) in [6.07, 6.45) is -0.0472. The molecule has 0 atom stereocenters. The van der Waals surface area contributed by atoms with Crippen molar-refractivity contribution < 1.29 is 9.13 Å². The van der Waals surface area contributed by atoms with Crippen LogP contribution in [0, 0.1) is 19.7 Å². The van der Waals surface area contributed by atoms with Crippen LogP contribution in [0.25, 0.3) is 11.3 Å². The van der Waals surface area contributed by atoms with E-state index in [0.29, 0.717) is 27.3 Å². The third-order valence-electron chi connectivity index (χ3n) is 3.38. The summed E-state index contributed by atoms with van der Waals surface area (Å²) in [6, 6.07) is 2.91. The molecule has 1 aromatic heterocycles. The van der Waals surface area contributed by atoms with Crippen molar-refractivity contribution in [2.24, 2.45) is 7.05 Å². The Labute approximate surface area is 150 Å². The first-order valence-corrected chi connectivity index (χ1v) is 8.72. The fraction of sp³-hybridized carbons (Fsp3) is 0.444. The molecule has 6 heteroatoms. The van der Waals surface area contributed by atoms with E-state index in [1.54, 1.807) is 27.0 Å². The molecule has 0 bridgehead atoms. The van der Waals surface area contributed by atoms with Crippen molar-refractivity contribution in [1.29, 1.82) is 0 Å². The van der Waals surface area contributed by atoms with Gasteiger partial charge in [0, 0.05) is 18.2 Å². The van der Waals surface area contributed by atoms with Crippen molar-refractivity contribution in [3.63, 3.8) is 0 Å². The predicted molar refractivity (Wildman–Crippen MR) is 99.2 cm³/mol. The lowest BCUT2D eigenvalue weighted by molar-refractivity contribution is 0.240. The van der Waals surface area contributed by atoms with Gasteiger partial charge in [0.25, 0.3) is 5.56 Å². The first kappa shape index (κ1) is 20.4. The number of ether oxygens (including phenoxy) is 1. The summed E-state index contributed by atoms with van der Waals surface area (Å²) < 4.78 is 22.0. The van der Waals surface area contributed by atoms with Crippen LogP contribution in [0.15, 0.2) is 21.4 Å². The second-order valence-corrected chi connectivity index (χ2v) is 6.28. The monoisotopic (exact) mass is 398 g/mol. The van der Waals surface area contributed by atoms with Gasteiger partial charge in [-0.1, -0.05) is 13.8 Å². The van der Waals surface area contributed by atoms with E-state index in [0.717, 1.165) is 0 Å². The molecule has 0 saturated heterocycles. The highest BCUT2D eigenvalue weighted by Crippen LogP contribution is 2.34. The van der Waals surface area contributed by atoms with Gasteiger partial charge in [0.2, 0.25) is 0 Å². The van der Waals surface area contributed by atoms with E-state index in [1.807, 2.05) is 27.7 Å². The Morgan fingerprint density at radius 2 is 1.83 bits per heavy atom. The number of halogens is 2. The molecular weight excluding hydrogens is 375 g/mol. The van der Waals surface area contributed by atoms with Crippen LogP contribution in [0.5, 0.6) is 5.75 Å². The Morgan fingerprint density at radius 3 is 2.38 bits per heavy atom. The van der Waals surface area contributed by atoms with Crippen molar-refractivity contribution in [3.8, 4) is 17.0 Å². The maximum Gasteiger partial charge on any atom is 0.256 e. The molecule has 2 aromatic rings. The lowest BCUT2D eigenvalue weighted by Gasteiger charge is -2.15. The highest BCUT2D eigenvalue weighted by atomic mass is 79.9. The third kappa shape index (κ3) is 4.23. The van der Waals surface area contributed by atoms with Gasteiger partial charge in [-0.05, 0) is 55.8 Å². The van der Waals surface area contributed by atoms with Crippen molar-refractivity contribution >= 4 is 15.9 Å². The van der Waals surface area contributed by atoms with Gasteiger partial charge in [0.05, 0.1) is 16.3 Å². The lowest BCUT2D eigenvalue weighted by Crippen LogP contribution is -2.24. The van der Waals surface area contributed by atoms with E-state index in [1.165, 1.54) is 10.6 Å². The molecule has 0 saturated carbocycles. The molecule has 0 aliphatic heterocycles. The minimum Gasteiger partial charge on any atom is -0.490 e. The molecule has 0 fully saturated rings. The second kappa shape index (κ2) is 8.42. The summed E-state index contributed by atoms with van der Waals surface area (Å²) in [7, 11) is 1.65. The normalized spacial score (nSPS) is 10.4. The summed E-state index contributed by atoms with van der Waals surface area (Å²) in [6.45, 7) is 11.1. The van der Waals surface area contributed by atoms with E-state index >= 15 is 0 Å². The first-order chi connectivity index (χ1) is 11.2.